The topological polar surface area (TPSA) is 81.7 Å². The van der Waals surface area contributed by atoms with Crippen LogP contribution in [0.15, 0.2) is 71.1 Å². The fourth-order valence-corrected chi connectivity index (χ4v) is 6.21. The van der Waals surface area contributed by atoms with Gasteiger partial charge in [0.1, 0.15) is 17.4 Å². The number of halogens is 3. The van der Waals surface area contributed by atoms with Gasteiger partial charge in [0, 0.05) is 74.3 Å². The second-order valence-electron chi connectivity index (χ2n) is 11.9. The quantitative estimate of drug-likeness (QED) is 0.239. The number of carbonyl (C=O) groups excluding carboxylic acids is 1. The summed E-state index contributed by atoms with van der Waals surface area (Å²) in [4.78, 5) is 17.6. The van der Waals surface area contributed by atoms with Crippen LogP contribution in [0.25, 0.3) is 11.0 Å². The molecule has 0 saturated carbocycles. The van der Waals surface area contributed by atoms with E-state index in [0.29, 0.717) is 35.7 Å². The zero-order valence-electron chi connectivity index (χ0n) is 25.1. The van der Waals surface area contributed by atoms with Crippen LogP contribution in [0.4, 0.5) is 18.9 Å². The number of nitriles is 1. The first-order valence-electron chi connectivity index (χ1n) is 15.3. The van der Waals surface area contributed by atoms with Crippen LogP contribution in [0.5, 0.6) is 5.75 Å². The van der Waals surface area contributed by atoms with Gasteiger partial charge in [0.25, 0.3) is 5.91 Å². The number of furan rings is 1. The molecule has 2 aliphatic rings. The SMILES string of the molecule is Cc1c(C(=O)NC2CCN(Cc3ccc(C#N)cc3)CC2)oc2cc(OC3CCN(c4ccc(C(F)(F)F)cc4)CC3)ccc12. The van der Waals surface area contributed by atoms with Gasteiger partial charge in [-0.15, -0.1) is 0 Å². The fourth-order valence-electron chi connectivity index (χ4n) is 6.21. The Morgan fingerprint density at radius 2 is 1.67 bits per heavy atom. The van der Waals surface area contributed by atoms with E-state index in [1.165, 1.54) is 17.7 Å². The van der Waals surface area contributed by atoms with Gasteiger partial charge in [-0.25, -0.2) is 0 Å². The van der Waals surface area contributed by atoms with Crippen molar-refractivity contribution in [3.05, 3.63) is 94.7 Å². The fraction of sp³-hybridized carbons (Fsp3) is 0.371. The third-order valence-corrected chi connectivity index (χ3v) is 8.83. The Morgan fingerprint density at radius 3 is 2.31 bits per heavy atom. The Morgan fingerprint density at radius 1 is 0.978 bits per heavy atom. The molecule has 2 fully saturated rings. The molecular weight excluding hydrogens is 581 g/mol. The van der Waals surface area contributed by atoms with Gasteiger partial charge in [0.05, 0.1) is 17.2 Å². The van der Waals surface area contributed by atoms with E-state index in [-0.39, 0.29) is 18.1 Å². The van der Waals surface area contributed by atoms with Gasteiger partial charge in [-0.3, -0.25) is 9.69 Å². The molecular formula is C35H35F3N4O3. The van der Waals surface area contributed by atoms with Crippen LogP contribution in [-0.2, 0) is 12.7 Å². The number of ether oxygens (including phenoxy) is 1. The van der Waals surface area contributed by atoms with E-state index in [1.54, 1.807) is 0 Å². The van der Waals surface area contributed by atoms with Crippen molar-refractivity contribution < 1.29 is 27.1 Å². The lowest BCUT2D eigenvalue weighted by atomic mass is 10.0. The number of aryl methyl sites for hydroxylation is 1. The maximum atomic E-state index is 13.2. The first-order chi connectivity index (χ1) is 21.7. The minimum Gasteiger partial charge on any atom is -0.490 e. The minimum atomic E-state index is -4.34. The van der Waals surface area contributed by atoms with Gasteiger partial charge in [-0.1, -0.05) is 12.1 Å². The van der Waals surface area contributed by atoms with Crippen molar-refractivity contribution in [3.8, 4) is 11.8 Å². The Bertz CT molecular complexity index is 1680. The van der Waals surface area contributed by atoms with Gasteiger partial charge in [0.15, 0.2) is 5.76 Å². The summed E-state index contributed by atoms with van der Waals surface area (Å²) < 4.78 is 51.0. The van der Waals surface area contributed by atoms with E-state index in [1.807, 2.05) is 49.4 Å². The third kappa shape index (κ3) is 7.10. The number of fused-ring (bicyclic) bond motifs is 1. The van der Waals surface area contributed by atoms with Crippen molar-refractivity contribution in [2.75, 3.05) is 31.1 Å². The molecule has 1 N–H and O–H groups in total. The highest BCUT2D eigenvalue weighted by molar-refractivity contribution is 5.99. The largest absolute Gasteiger partial charge is 0.490 e. The Balaban J connectivity index is 1.00. The molecule has 4 aromatic rings. The third-order valence-electron chi connectivity index (χ3n) is 8.83. The molecule has 2 saturated heterocycles. The molecule has 45 heavy (non-hydrogen) atoms. The summed E-state index contributed by atoms with van der Waals surface area (Å²) >= 11 is 0. The molecule has 0 aliphatic carbocycles. The average molecular weight is 617 g/mol. The molecule has 234 valence electrons. The number of nitrogens with one attached hydrogen (secondary N) is 1. The van der Waals surface area contributed by atoms with Crippen molar-refractivity contribution in [1.29, 1.82) is 5.26 Å². The molecule has 7 nitrogen and oxygen atoms in total. The molecule has 1 amide bonds. The predicted octanol–water partition coefficient (Wildman–Crippen LogP) is 7.07. The number of hydrogen-bond acceptors (Lipinski definition) is 6. The lowest BCUT2D eigenvalue weighted by Gasteiger charge is -2.33. The summed E-state index contributed by atoms with van der Waals surface area (Å²) in [6.45, 7) is 5.80. The standard InChI is InChI=1S/C35H35F3N4O3/c1-23-31-11-10-30(44-29-14-18-42(19-15-29)28-8-6-26(7-9-28)35(36,37)38)20-32(31)45-33(23)34(43)40-27-12-16-41(17-13-27)22-25-4-2-24(21-39)3-5-25/h2-11,20,27,29H,12-19,22H2,1H3,(H,40,43). The lowest BCUT2D eigenvalue weighted by molar-refractivity contribution is -0.137. The maximum absolute atomic E-state index is 13.2. The number of hydrogen-bond donors (Lipinski definition) is 1. The average Bonchev–Trinajstić information content (AvgIpc) is 3.38. The van der Waals surface area contributed by atoms with E-state index in [2.05, 4.69) is 21.2 Å². The molecule has 0 spiro atoms. The molecule has 3 heterocycles. The summed E-state index contributed by atoms with van der Waals surface area (Å²) in [7, 11) is 0. The number of nitrogens with zero attached hydrogens (tertiary/aromatic N) is 3. The lowest BCUT2D eigenvalue weighted by Crippen LogP contribution is -2.44. The second kappa shape index (κ2) is 12.9. The number of rotatable bonds is 7. The van der Waals surface area contributed by atoms with Crippen LogP contribution in [-0.4, -0.2) is 49.1 Å². The highest BCUT2D eigenvalue weighted by Crippen LogP contribution is 2.33. The van der Waals surface area contributed by atoms with Gasteiger partial charge < -0.3 is 19.4 Å². The Labute approximate surface area is 260 Å². The molecule has 10 heteroatoms. The molecule has 3 aromatic carbocycles. The first-order valence-corrected chi connectivity index (χ1v) is 15.3. The normalized spacial score (nSPS) is 16.9. The number of piperidine rings is 2. The van der Waals surface area contributed by atoms with Crippen LogP contribution in [0.3, 0.4) is 0 Å². The van der Waals surface area contributed by atoms with Gasteiger partial charge in [-0.05, 0) is 73.9 Å². The van der Waals surface area contributed by atoms with Crippen molar-refractivity contribution in [2.45, 2.75) is 57.5 Å². The molecule has 2 aliphatic heterocycles. The van der Waals surface area contributed by atoms with E-state index >= 15 is 0 Å². The van der Waals surface area contributed by atoms with Crippen LogP contribution in [0, 0.1) is 18.3 Å². The minimum absolute atomic E-state index is 0.0326. The van der Waals surface area contributed by atoms with Crippen LogP contribution in [0.2, 0.25) is 0 Å². The number of amides is 1. The maximum Gasteiger partial charge on any atom is 0.416 e. The van der Waals surface area contributed by atoms with E-state index in [4.69, 9.17) is 14.4 Å². The van der Waals surface area contributed by atoms with Crippen molar-refractivity contribution >= 4 is 22.6 Å². The monoisotopic (exact) mass is 616 g/mol. The number of likely N-dealkylation sites (tertiary alicyclic amines) is 1. The molecule has 0 atom stereocenters. The zero-order valence-corrected chi connectivity index (χ0v) is 25.1. The molecule has 6 rings (SSSR count). The first kappa shape index (κ1) is 30.5. The number of alkyl halides is 3. The summed E-state index contributed by atoms with van der Waals surface area (Å²) in [6.07, 6.45) is -1.22. The highest BCUT2D eigenvalue weighted by atomic mass is 19.4. The van der Waals surface area contributed by atoms with Gasteiger partial charge in [0.2, 0.25) is 0 Å². The van der Waals surface area contributed by atoms with E-state index in [0.717, 1.165) is 74.1 Å². The second-order valence-corrected chi connectivity index (χ2v) is 11.9. The van der Waals surface area contributed by atoms with Crippen LogP contribution in [0.1, 0.15) is 58.5 Å². The Hall–Kier alpha value is -4.49. The number of carbonyl (C=O) groups is 1. The molecule has 0 radical (unpaired) electrons. The van der Waals surface area contributed by atoms with Crippen molar-refractivity contribution in [3.63, 3.8) is 0 Å². The smallest absolute Gasteiger partial charge is 0.416 e. The predicted molar refractivity (Wildman–Crippen MR) is 165 cm³/mol. The molecule has 0 bridgehead atoms. The number of benzene rings is 3. The Kier molecular flexibility index (Phi) is 8.72. The zero-order chi connectivity index (χ0) is 31.6. The summed E-state index contributed by atoms with van der Waals surface area (Å²) in [5.41, 5.74) is 3.33. The summed E-state index contributed by atoms with van der Waals surface area (Å²) in [5, 5.41) is 13.0. The van der Waals surface area contributed by atoms with Crippen LogP contribution < -0.4 is 15.0 Å². The summed E-state index contributed by atoms with van der Waals surface area (Å²) in [6, 6.07) is 20.8. The van der Waals surface area contributed by atoms with Gasteiger partial charge >= 0.3 is 6.18 Å². The number of anilines is 1. The summed E-state index contributed by atoms with van der Waals surface area (Å²) in [5.74, 6) is 0.755. The van der Waals surface area contributed by atoms with Crippen LogP contribution >= 0.6 is 0 Å². The van der Waals surface area contributed by atoms with Crippen molar-refractivity contribution in [2.24, 2.45) is 0 Å². The molecule has 0 unspecified atom stereocenters. The van der Waals surface area contributed by atoms with Crippen molar-refractivity contribution in [1.82, 2.24) is 10.2 Å². The van der Waals surface area contributed by atoms with E-state index < -0.39 is 11.7 Å². The highest BCUT2D eigenvalue weighted by Gasteiger charge is 2.31. The van der Waals surface area contributed by atoms with E-state index in [9.17, 15) is 18.0 Å². The molecule has 1 aromatic heterocycles. The van der Waals surface area contributed by atoms with Gasteiger partial charge in [-0.2, -0.15) is 18.4 Å².